The Morgan fingerprint density at radius 1 is 1.34 bits per heavy atom. The maximum atomic E-state index is 10.0. The van der Waals surface area contributed by atoms with E-state index in [1.807, 2.05) is 0 Å². The molecule has 0 amide bonds. The quantitative estimate of drug-likeness (QED) is 0.255. The van der Waals surface area contributed by atoms with E-state index in [1.165, 1.54) is 56.3 Å². The van der Waals surface area contributed by atoms with E-state index < -0.39 is 26.0 Å². The Morgan fingerprint density at radius 2 is 2.03 bits per heavy atom. The minimum absolute atomic E-state index is 0. The predicted octanol–water partition coefficient (Wildman–Crippen LogP) is 5.54. The van der Waals surface area contributed by atoms with Crippen molar-refractivity contribution in [3.8, 4) is 17.1 Å². The predicted molar refractivity (Wildman–Crippen MR) is 111 cm³/mol. The first-order chi connectivity index (χ1) is 16.6. The Morgan fingerprint density at radius 3 is 2.55 bits per heavy atom. The van der Waals surface area contributed by atoms with Crippen LogP contribution in [0.15, 0.2) is 60.6 Å². The van der Waals surface area contributed by atoms with Crippen molar-refractivity contribution in [2.24, 2.45) is 0 Å². The second kappa shape index (κ2) is 11.1. The number of ketones is 1. The first-order valence-electron chi connectivity index (χ1n) is 12.1. The van der Waals surface area contributed by atoms with Gasteiger partial charge in [-0.3, -0.25) is 14.6 Å². The summed E-state index contributed by atoms with van der Waals surface area (Å²) < 4.78 is 64.3. The second-order valence-electron chi connectivity index (χ2n) is 5.66. The van der Waals surface area contributed by atoms with Crippen molar-refractivity contribution in [2.45, 2.75) is 27.6 Å². The molecule has 0 aliphatic heterocycles. The third kappa shape index (κ3) is 6.53. The van der Waals surface area contributed by atoms with E-state index in [4.69, 9.17) is 22.6 Å². The van der Waals surface area contributed by atoms with Crippen LogP contribution < -0.4 is 0 Å². The summed E-state index contributed by atoms with van der Waals surface area (Å²) in [6, 6.07) is 11.1. The minimum Gasteiger partial charge on any atom is -0.512 e. The molecule has 0 saturated heterocycles. The van der Waals surface area contributed by atoms with E-state index in [-0.39, 0.29) is 65.5 Å². The number of aromatic nitrogens is 2. The molecule has 1 aromatic heterocycles. The number of para-hydroxylation sites is 1. The van der Waals surface area contributed by atoms with Gasteiger partial charge in [0.2, 0.25) is 0 Å². The van der Waals surface area contributed by atoms with Gasteiger partial charge in [-0.05, 0) is 38.7 Å². The average Bonchev–Trinajstić information content (AvgIpc) is 3.05. The van der Waals surface area contributed by atoms with Crippen LogP contribution in [0.4, 0.5) is 5.69 Å². The summed E-state index contributed by atoms with van der Waals surface area (Å²) in [6.45, 7) is 4.67. The summed E-state index contributed by atoms with van der Waals surface area (Å²) in [7, 11) is 0. The number of hydrogen-bond donors (Lipinski definition) is 1. The van der Waals surface area contributed by atoms with Crippen LogP contribution in [0.3, 0.4) is 0 Å². The van der Waals surface area contributed by atoms with Gasteiger partial charge in [-0.1, -0.05) is 18.2 Å². The average molecular weight is 573 g/mol. The number of nitrogens with zero attached hydrogens (tertiary/aromatic N) is 3. The molecule has 0 aliphatic rings. The van der Waals surface area contributed by atoms with Crippen molar-refractivity contribution in [2.75, 3.05) is 0 Å². The fourth-order valence-corrected chi connectivity index (χ4v) is 2.31. The Bertz CT molecular complexity index is 1320. The number of aliphatic hydroxyl groups excluding tert-OH is 1. The third-order valence-corrected chi connectivity index (χ3v) is 3.36. The van der Waals surface area contributed by atoms with Crippen molar-refractivity contribution in [1.29, 1.82) is 0 Å². The normalized spacial score (nSPS) is 15.1. The molecule has 0 atom stereocenters. The zero-order valence-electron chi connectivity index (χ0n) is 23.6. The molecule has 0 unspecified atom stereocenters. The van der Waals surface area contributed by atoms with Gasteiger partial charge in [-0.25, -0.2) is 0 Å². The number of aryl methyl sites for hydroxylation is 2. The van der Waals surface area contributed by atoms with E-state index in [1.54, 1.807) is 0 Å². The Hall–Kier alpha value is -3.00. The fourth-order valence-electron chi connectivity index (χ4n) is 2.31. The van der Waals surface area contributed by atoms with E-state index in [9.17, 15) is 4.79 Å². The van der Waals surface area contributed by atoms with Gasteiger partial charge in [0.15, 0.2) is 5.78 Å². The van der Waals surface area contributed by atoms with Gasteiger partial charge in [-0.2, -0.15) is 6.07 Å². The van der Waals surface area contributed by atoms with Gasteiger partial charge >= 0.3 is 0 Å². The SMILES string of the molecule is CC(=O)/C=C(/C)O.[2H]c1nc(-c2[c-]ccc([N+]#[C-])c2)n(-c2c(C([2H])([2H])[2H])cccc2C([2H])([2H])[2H])c1[2H].[Ir]. The molecule has 0 aliphatic carbocycles. The van der Waals surface area contributed by atoms with Gasteiger partial charge < -0.3 is 9.67 Å². The molecule has 1 radical (unpaired) electrons. The minimum atomic E-state index is -2.67. The zero-order chi connectivity index (χ0) is 27.4. The van der Waals surface area contributed by atoms with Crippen LogP contribution in [0.5, 0.6) is 0 Å². The first-order valence-corrected chi connectivity index (χ1v) is 8.05. The maximum absolute atomic E-state index is 10.0. The van der Waals surface area contributed by atoms with E-state index in [0.717, 1.165) is 4.57 Å². The molecule has 0 bridgehead atoms. The number of hydrogen-bond acceptors (Lipinski definition) is 3. The number of benzene rings is 2. The summed E-state index contributed by atoms with van der Waals surface area (Å²) in [6.07, 6.45) is 0.238. The van der Waals surface area contributed by atoms with Crippen LogP contribution in [0.1, 0.15) is 35.9 Å². The molecule has 1 N–H and O–H groups in total. The zero-order valence-corrected chi connectivity index (χ0v) is 18.0. The number of aliphatic hydroxyl groups is 1. The van der Waals surface area contributed by atoms with Gasteiger partial charge in [0.25, 0.3) is 0 Å². The summed E-state index contributed by atoms with van der Waals surface area (Å²) in [5.74, 6) is -0.0970. The molecular formula is C23H22IrN3O2-. The Kier molecular flexibility index (Phi) is 5.39. The van der Waals surface area contributed by atoms with Crippen LogP contribution in [0.2, 0.25) is 0 Å². The van der Waals surface area contributed by atoms with Crippen molar-refractivity contribution >= 4 is 11.5 Å². The van der Waals surface area contributed by atoms with Crippen LogP contribution in [0, 0.1) is 26.3 Å². The van der Waals surface area contributed by atoms with E-state index in [0.29, 0.717) is 0 Å². The number of carbonyl (C=O) groups excluding carboxylic acids is 1. The third-order valence-electron chi connectivity index (χ3n) is 3.36. The van der Waals surface area contributed by atoms with Gasteiger partial charge in [0.05, 0.1) is 20.9 Å². The van der Waals surface area contributed by atoms with Crippen LogP contribution >= 0.6 is 0 Å². The van der Waals surface area contributed by atoms with E-state index in [2.05, 4.69) is 15.9 Å². The Labute approximate surface area is 196 Å². The molecule has 3 rings (SSSR count). The standard InChI is InChI=1S/C18H14N3.C5H8O2.Ir/c1-13-6-4-7-14(2)17(13)21-11-10-20-18(21)15-8-5-9-16(12-15)19-3;1-4(6)3-5(2)7;/h4-7,9-12H,1-2H3;3,6H,1-2H3;/q-1;;/b;4-3-;/i1D3,2D3,10D,11D;;. The molecule has 29 heavy (non-hydrogen) atoms. The molecule has 1 heterocycles. The summed E-state index contributed by atoms with van der Waals surface area (Å²) in [5, 5.41) is 8.36. The largest absolute Gasteiger partial charge is 0.512 e. The van der Waals surface area contributed by atoms with Crippen molar-refractivity contribution in [3.05, 3.63) is 89.2 Å². The Balaban J connectivity index is 0.000000754. The van der Waals surface area contributed by atoms with Crippen molar-refractivity contribution in [1.82, 2.24) is 9.55 Å². The molecular weight excluding hydrogens is 542 g/mol. The second-order valence-corrected chi connectivity index (χ2v) is 5.66. The topological polar surface area (TPSA) is 59.5 Å². The summed E-state index contributed by atoms with van der Waals surface area (Å²) >= 11 is 0. The first kappa shape index (κ1) is 14.1. The maximum Gasteiger partial charge on any atom is 0.155 e. The van der Waals surface area contributed by atoms with Gasteiger partial charge in [0.1, 0.15) is 5.69 Å². The van der Waals surface area contributed by atoms with Crippen LogP contribution in [0.25, 0.3) is 21.9 Å². The smallest absolute Gasteiger partial charge is 0.155 e. The molecule has 5 nitrogen and oxygen atoms in total. The molecule has 6 heteroatoms. The number of imidazole rings is 1. The molecule has 0 fully saturated rings. The van der Waals surface area contributed by atoms with E-state index >= 15 is 0 Å². The summed E-state index contributed by atoms with van der Waals surface area (Å²) in [5.41, 5.74) is -0.298. The number of rotatable bonds is 3. The molecule has 3 aromatic rings. The van der Waals surface area contributed by atoms with Crippen LogP contribution in [-0.4, -0.2) is 20.4 Å². The molecule has 0 spiro atoms. The van der Waals surface area contributed by atoms with Gasteiger partial charge in [0, 0.05) is 52.4 Å². The molecule has 0 saturated carbocycles. The fraction of sp³-hybridized carbons (Fsp3) is 0.174. The van der Waals surface area contributed by atoms with Gasteiger partial charge in [-0.15, -0.1) is 23.8 Å². The van der Waals surface area contributed by atoms with Crippen molar-refractivity contribution < 1.29 is 41.0 Å². The molecule has 151 valence electrons. The number of carbonyl (C=O) groups is 1. The summed E-state index contributed by atoms with van der Waals surface area (Å²) in [4.78, 5) is 17.4. The molecule has 2 aromatic carbocycles. The number of allylic oxidation sites excluding steroid dienone is 2. The van der Waals surface area contributed by atoms with Crippen LogP contribution in [-0.2, 0) is 24.9 Å². The monoisotopic (exact) mass is 573 g/mol. The van der Waals surface area contributed by atoms with Crippen molar-refractivity contribution in [3.63, 3.8) is 0 Å².